The van der Waals surface area contributed by atoms with Crippen molar-refractivity contribution < 1.29 is 4.52 Å². The molecule has 7 heteroatoms. The van der Waals surface area contributed by atoms with Crippen molar-refractivity contribution in [2.45, 2.75) is 13.5 Å². The normalized spacial score (nSPS) is 11.2. The molecule has 0 saturated carbocycles. The number of pyridine rings is 3. The second kappa shape index (κ2) is 6.70. The summed E-state index contributed by atoms with van der Waals surface area (Å²) in [6.45, 7) is 2.47. The van der Waals surface area contributed by atoms with E-state index in [4.69, 9.17) is 4.52 Å². The molecule has 0 aromatic carbocycles. The summed E-state index contributed by atoms with van der Waals surface area (Å²) in [5.74, 6) is 1.07. The summed E-state index contributed by atoms with van der Waals surface area (Å²) in [7, 11) is 0. The van der Waals surface area contributed by atoms with Crippen LogP contribution < -0.4 is 0 Å². The number of aryl methyl sites for hydroxylation is 1. The van der Waals surface area contributed by atoms with Gasteiger partial charge in [-0.05, 0) is 36.4 Å². The molecule has 0 unspecified atom stereocenters. The van der Waals surface area contributed by atoms with Crippen LogP contribution in [0.5, 0.6) is 0 Å². The maximum Gasteiger partial charge on any atom is 0.223 e. The van der Waals surface area contributed by atoms with Crippen LogP contribution in [0.1, 0.15) is 11.6 Å². The third-order valence-corrected chi connectivity index (χ3v) is 4.52. The molecule has 7 nitrogen and oxygen atoms in total. The van der Waals surface area contributed by atoms with Gasteiger partial charge >= 0.3 is 0 Å². The van der Waals surface area contributed by atoms with E-state index in [2.05, 4.69) is 41.9 Å². The van der Waals surface area contributed by atoms with Crippen LogP contribution in [0.4, 0.5) is 0 Å². The molecule has 28 heavy (non-hydrogen) atoms. The Bertz CT molecular complexity index is 1260. The second-order valence-electron chi connectivity index (χ2n) is 6.46. The Morgan fingerprint density at radius 3 is 2.71 bits per heavy atom. The van der Waals surface area contributed by atoms with Crippen LogP contribution >= 0.6 is 0 Å². The monoisotopic (exact) mass is 368 g/mol. The predicted octanol–water partition coefficient (Wildman–Crippen LogP) is 3.90. The molecule has 136 valence electrons. The smallest absolute Gasteiger partial charge is 0.223 e. The maximum atomic E-state index is 5.08. The third-order valence-electron chi connectivity index (χ3n) is 4.52. The van der Waals surface area contributed by atoms with Crippen molar-refractivity contribution in [1.29, 1.82) is 0 Å². The van der Waals surface area contributed by atoms with Gasteiger partial charge in [0.15, 0.2) is 0 Å². The lowest BCUT2D eigenvalue weighted by Gasteiger charge is -2.07. The Hall–Kier alpha value is -3.87. The zero-order chi connectivity index (χ0) is 18.9. The molecule has 0 aliphatic rings. The first-order valence-electron chi connectivity index (χ1n) is 8.88. The summed E-state index contributed by atoms with van der Waals surface area (Å²) in [6.07, 6.45) is 7.46. The highest BCUT2D eigenvalue weighted by atomic mass is 16.5. The zero-order valence-corrected chi connectivity index (χ0v) is 15.1. The summed E-state index contributed by atoms with van der Waals surface area (Å²) in [4.78, 5) is 17.8. The lowest BCUT2D eigenvalue weighted by Crippen LogP contribution is -2.00. The standard InChI is InChI=1S/C21H16N6O/c1-14-25-21(26-28-14)15-5-8-23-18(10-15)19-11-20-16(12-24-19)6-9-27(20)13-17-4-2-3-7-22-17/h2-12H,13H2,1H3. The molecule has 0 aliphatic carbocycles. The van der Waals surface area contributed by atoms with Crippen LogP contribution in [0.15, 0.2) is 71.8 Å². The van der Waals surface area contributed by atoms with Crippen molar-refractivity contribution >= 4 is 10.9 Å². The van der Waals surface area contributed by atoms with Gasteiger partial charge in [0.2, 0.25) is 11.7 Å². The molecular formula is C21H16N6O. The Labute approximate surface area is 160 Å². The van der Waals surface area contributed by atoms with E-state index in [-0.39, 0.29) is 0 Å². The number of rotatable bonds is 4. The number of fused-ring (bicyclic) bond motifs is 1. The van der Waals surface area contributed by atoms with Crippen molar-refractivity contribution in [3.63, 3.8) is 0 Å². The molecule has 5 rings (SSSR count). The van der Waals surface area contributed by atoms with Crippen LogP contribution in [0.2, 0.25) is 0 Å². The summed E-state index contributed by atoms with van der Waals surface area (Å²) in [5, 5.41) is 5.05. The van der Waals surface area contributed by atoms with E-state index in [0.29, 0.717) is 18.3 Å². The van der Waals surface area contributed by atoms with E-state index < -0.39 is 0 Å². The first kappa shape index (κ1) is 16.3. The first-order chi connectivity index (χ1) is 13.8. The van der Waals surface area contributed by atoms with Crippen molar-refractivity contribution in [1.82, 2.24) is 29.7 Å². The van der Waals surface area contributed by atoms with Gasteiger partial charge in [0.05, 0.1) is 29.1 Å². The number of aromatic nitrogens is 6. The summed E-state index contributed by atoms with van der Waals surface area (Å²) in [5.41, 5.74) is 4.47. The first-order valence-corrected chi connectivity index (χ1v) is 8.88. The van der Waals surface area contributed by atoms with Gasteiger partial charge in [-0.2, -0.15) is 4.98 Å². The average Bonchev–Trinajstić information content (AvgIpc) is 3.35. The van der Waals surface area contributed by atoms with Crippen molar-refractivity contribution in [3.8, 4) is 22.8 Å². The molecule has 0 radical (unpaired) electrons. The quantitative estimate of drug-likeness (QED) is 0.478. The van der Waals surface area contributed by atoms with E-state index in [1.807, 2.05) is 48.8 Å². The maximum absolute atomic E-state index is 5.08. The molecule has 0 atom stereocenters. The fourth-order valence-electron chi connectivity index (χ4n) is 3.15. The highest BCUT2D eigenvalue weighted by molar-refractivity contribution is 5.83. The third kappa shape index (κ3) is 3.03. The molecule has 0 bridgehead atoms. The fraction of sp³-hybridized carbons (Fsp3) is 0.0952. The Kier molecular flexibility index (Phi) is 3.90. The van der Waals surface area contributed by atoms with E-state index in [9.17, 15) is 0 Å². The lowest BCUT2D eigenvalue weighted by molar-refractivity contribution is 0.394. The molecule has 0 saturated heterocycles. The SMILES string of the molecule is Cc1nc(-c2ccnc(-c3cc4c(ccn4Cc4ccccn4)cn3)c2)no1. The minimum atomic E-state index is 0.528. The summed E-state index contributed by atoms with van der Waals surface area (Å²) >= 11 is 0. The van der Waals surface area contributed by atoms with Crippen LogP contribution in [0.3, 0.4) is 0 Å². The van der Waals surface area contributed by atoms with Crippen LogP contribution in [-0.4, -0.2) is 29.7 Å². The average molecular weight is 368 g/mol. The Balaban J connectivity index is 1.54. The van der Waals surface area contributed by atoms with Crippen molar-refractivity contribution in [2.24, 2.45) is 0 Å². The molecule has 0 aliphatic heterocycles. The van der Waals surface area contributed by atoms with Gasteiger partial charge in [-0.3, -0.25) is 15.0 Å². The summed E-state index contributed by atoms with van der Waals surface area (Å²) < 4.78 is 7.24. The largest absolute Gasteiger partial charge is 0.341 e. The highest BCUT2D eigenvalue weighted by Gasteiger charge is 2.11. The zero-order valence-electron chi connectivity index (χ0n) is 15.1. The van der Waals surface area contributed by atoms with Crippen molar-refractivity contribution in [2.75, 3.05) is 0 Å². The number of nitrogens with zero attached hydrogens (tertiary/aromatic N) is 6. The molecule has 5 aromatic heterocycles. The molecular weight excluding hydrogens is 352 g/mol. The van der Waals surface area contributed by atoms with E-state index in [1.54, 1.807) is 13.1 Å². The van der Waals surface area contributed by atoms with Gasteiger partial charge in [-0.15, -0.1) is 0 Å². The van der Waals surface area contributed by atoms with Crippen LogP contribution in [-0.2, 0) is 6.54 Å². The Morgan fingerprint density at radius 1 is 0.964 bits per heavy atom. The fourth-order valence-corrected chi connectivity index (χ4v) is 3.15. The van der Waals surface area contributed by atoms with E-state index >= 15 is 0 Å². The van der Waals surface area contributed by atoms with Gasteiger partial charge in [0.1, 0.15) is 0 Å². The Morgan fingerprint density at radius 2 is 1.89 bits per heavy atom. The van der Waals surface area contributed by atoms with Gasteiger partial charge in [0.25, 0.3) is 0 Å². The highest BCUT2D eigenvalue weighted by Crippen LogP contribution is 2.25. The predicted molar refractivity (Wildman–Crippen MR) is 104 cm³/mol. The van der Waals surface area contributed by atoms with Gasteiger partial charge in [0, 0.05) is 42.7 Å². The number of hydrogen-bond acceptors (Lipinski definition) is 6. The van der Waals surface area contributed by atoms with Crippen molar-refractivity contribution in [3.05, 3.63) is 78.8 Å². The van der Waals surface area contributed by atoms with Gasteiger partial charge in [-0.25, -0.2) is 0 Å². The van der Waals surface area contributed by atoms with Gasteiger partial charge < -0.3 is 9.09 Å². The van der Waals surface area contributed by atoms with E-state index in [1.165, 1.54) is 0 Å². The minimum absolute atomic E-state index is 0.528. The van der Waals surface area contributed by atoms with Crippen LogP contribution in [0, 0.1) is 6.92 Å². The molecule has 5 aromatic rings. The summed E-state index contributed by atoms with van der Waals surface area (Å²) in [6, 6.07) is 13.8. The van der Waals surface area contributed by atoms with Crippen LogP contribution in [0.25, 0.3) is 33.7 Å². The molecule has 0 fully saturated rings. The molecule has 0 N–H and O–H groups in total. The second-order valence-corrected chi connectivity index (χ2v) is 6.46. The molecule has 5 heterocycles. The van der Waals surface area contributed by atoms with Gasteiger partial charge in [-0.1, -0.05) is 11.2 Å². The minimum Gasteiger partial charge on any atom is -0.341 e. The molecule has 0 amide bonds. The lowest BCUT2D eigenvalue weighted by atomic mass is 10.1. The van der Waals surface area contributed by atoms with E-state index in [0.717, 1.165) is 33.5 Å². The number of hydrogen-bond donors (Lipinski definition) is 0. The topological polar surface area (TPSA) is 82.5 Å². The molecule has 0 spiro atoms.